The third kappa shape index (κ3) is 5.09. The van der Waals surface area contributed by atoms with Crippen molar-refractivity contribution in [3.8, 4) is 5.88 Å². The summed E-state index contributed by atoms with van der Waals surface area (Å²) < 4.78 is 32.4. The minimum absolute atomic E-state index is 0.0457. The second kappa shape index (κ2) is 9.02. The van der Waals surface area contributed by atoms with Crippen molar-refractivity contribution in [1.82, 2.24) is 14.6 Å². The molecule has 0 atom stereocenters. The van der Waals surface area contributed by atoms with Gasteiger partial charge in [0, 0.05) is 37.8 Å². The van der Waals surface area contributed by atoms with Crippen molar-refractivity contribution in [3.63, 3.8) is 0 Å². The summed E-state index contributed by atoms with van der Waals surface area (Å²) in [7, 11) is -3.44. The van der Waals surface area contributed by atoms with Crippen LogP contribution in [0.15, 0.2) is 40.1 Å². The van der Waals surface area contributed by atoms with Crippen molar-refractivity contribution in [2.45, 2.75) is 43.5 Å². The number of nitrogens with zero attached hydrogens (tertiary/aromatic N) is 2. The number of pyridine rings is 1. The standard InChI is InChI=1S/C19H25N3O4S2/c1-14(2)26-17-6-5-15(12-20-17)13-21-19(23)16-7-9-22(10-8-16)28(24,25)18-4-3-11-27-18/h3-6,11-12,14,16H,7-10,13H2,1-2H3,(H,21,23). The molecular formula is C19H25N3O4S2. The third-order valence-electron chi connectivity index (χ3n) is 4.53. The van der Waals surface area contributed by atoms with Gasteiger partial charge in [0.2, 0.25) is 11.8 Å². The van der Waals surface area contributed by atoms with E-state index >= 15 is 0 Å². The number of carbonyl (C=O) groups is 1. The highest BCUT2D eigenvalue weighted by molar-refractivity contribution is 7.91. The Balaban J connectivity index is 1.48. The van der Waals surface area contributed by atoms with E-state index in [0.717, 1.165) is 5.56 Å². The SMILES string of the molecule is CC(C)Oc1ccc(CNC(=O)C2CCN(S(=O)(=O)c3cccs3)CC2)cn1. The molecule has 1 aliphatic heterocycles. The fourth-order valence-corrected chi connectivity index (χ4v) is 5.67. The van der Waals surface area contributed by atoms with Crippen molar-refractivity contribution in [3.05, 3.63) is 41.4 Å². The van der Waals surface area contributed by atoms with Gasteiger partial charge in [-0.3, -0.25) is 4.79 Å². The van der Waals surface area contributed by atoms with Gasteiger partial charge in [-0.1, -0.05) is 12.1 Å². The van der Waals surface area contributed by atoms with Crippen LogP contribution in [0.2, 0.25) is 0 Å². The average molecular weight is 424 g/mol. The van der Waals surface area contributed by atoms with Gasteiger partial charge >= 0.3 is 0 Å². The molecule has 28 heavy (non-hydrogen) atoms. The zero-order valence-corrected chi connectivity index (χ0v) is 17.6. The van der Waals surface area contributed by atoms with Gasteiger partial charge in [-0.25, -0.2) is 13.4 Å². The van der Waals surface area contributed by atoms with Gasteiger partial charge in [0.25, 0.3) is 10.0 Å². The Hall–Kier alpha value is -1.97. The second-order valence-corrected chi connectivity index (χ2v) is 10.1. The van der Waals surface area contributed by atoms with E-state index in [2.05, 4.69) is 10.3 Å². The Morgan fingerprint density at radius 3 is 2.64 bits per heavy atom. The van der Waals surface area contributed by atoms with E-state index in [1.807, 2.05) is 19.9 Å². The van der Waals surface area contributed by atoms with Gasteiger partial charge in [-0.05, 0) is 43.7 Å². The van der Waals surface area contributed by atoms with E-state index < -0.39 is 10.0 Å². The summed E-state index contributed by atoms with van der Waals surface area (Å²) in [4.78, 5) is 16.7. The molecular weight excluding hydrogens is 398 g/mol. The molecule has 1 N–H and O–H groups in total. The van der Waals surface area contributed by atoms with Crippen LogP contribution < -0.4 is 10.1 Å². The van der Waals surface area contributed by atoms with Crippen molar-refractivity contribution in [2.75, 3.05) is 13.1 Å². The molecule has 1 fully saturated rings. The molecule has 0 saturated carbocycles. The lowest BCUT2D eigenvalue weighted by atomic mass is 9.97. The minimum atomic E-state index is -3.44. The number of nitrogens with one attached hydrogen (secondary N) is 1. The Kier molecular flexibility index (Phi) is 6.69. The molecule has 1 aliphatic rings. The molecule has 0 aliphatic carbocycles. The normalized spacial score (nSPS) is 16.2. The highest BCUT2D eigenvalue weighted by atomic mass is 32.2. The number of hydrogen-bond donors (Lipinski definition) is 1. The predicted octanol–water partition coefficient (Wildman–Crippen LogP) is 2.65. The lowest BCUT2D eigenvalue weighted by Crippen LogP contribution is -2.42. The first kappa shape index (κ1) is 20.8. The Morgan fingerprint density at radius 2 is 2.07 bits per heavy atom. The number of hydrogen-bond acceptors (Lipinski definition) is 6. The molecule has 0 bridgehead atoms. The number of ether oxygens (including phenoxy) is 1. The van der Waals surface area contributed by atoms with Crippen LogP contribution in [-0.2, 0) is 21.4 Å². The molecule has 3 rings (SSSR count). The van der Waals surface area contributed by atoms with E-state index in [4.69, 9.17) is 4.74 Å². The van der Waals surface area contributed by atoms with E-state index in [-0.39, 0.29) is 17.9 Å². The molecule has 3 heterocycles. The highest BCUT2D eigenvalue weighted by Crippen LogP contribution is 2.26. The quantitative estimate of drug-likeness (QED) is 0.740. The van der Waals surface area contributed by atoms with Crippen LogP contribution in [0.1, 0.15) is 32.3 Å². The molecule has 7 nitrogen and oxygen atoms in total. The summed E-state index contributed by atoms with van der Waals surface area (Å²) >= 11 is 1.22. The Labute approximate surface area is 169 Å². The zero-order chi connectivity index (χ0) is 20.1. The van der Waals surface area contributed by atoms with Gasteiger partial charge in [-0.15, -0.1) is 11.3 Å². The monoisotopic (exact) mass is 423 g/mol. The number of carbonyl (C=O) groups excluding carboxylic acids is 1. The van der Waals surface area contributed by atoms with E-state index in [9.17, 15) is 13.2 Å². The molecule has 2 aromatic rings. The smallest absolute Gasteiger partial charge is 0.252 e. The maximum Gasteiger partial charge on any atom is 0.252 e. The molecule has 2 aromatic heterocycles. The molecule has 152 valence electrons. The van der Waals surface area contributed by atoms with E-state index in [1.54, 1.807) is 29.8 Å². The van der Waals surface area contributed by atoms with Gasteiger partial charge in [0.05, 0.1) is 6.10 Å². The van der Waals surface area contributed by atoms with Crippen LogP contribution in [0.5, 0.6) is 5.88 Å². The molecule has 1 saturated heterocycles. The number of piperidine rings is 1. The van der Waals surface area contributed by atoms with E-state index in [1.165, 1.54) is 15.6 Å². The third-order valence-corrected chi connectivity index (χ3v) is 7.81. The van der Waals surface area contributed by atoms with Crippen molar-refractivity contribution in [1.29, 1.82) is 0 Å². The summed E-state index contributed by atoms with van der Waals surface area (Å²) in [5.74, 6) is 0.339. The molecule has 0 radical (unpaired) electrons. The van der Waals surface area contributed by atoms with Gasteiger partial charge in [0.15, 0.2) is 0 Å². The van der Waals surface area contributed by atoms with Crippen LogP contribution in [0.3, 0.4) is 0 Å². The number of amides is 1. The van der Waals surface area contributed by atoms with Crippen LogP contribution in [0.4, 0.5) is 0 Å². The molecule has 9 heteroatoms. The van der Waals surface area contributed by atoms with Crippen LogP contribution in [0, 0.1) is 5.92 Å². The Bertz CT molecular complexity index is 872. The molecule has 1 amide bonds. The maximum atomic E-state index is 12.5. The van der Waals surface area contributed by atoms with Gasteiger partial charge in [-0.2, -0.15) is 4.31 Å². The van der Waals surface area contributed by atoms with Crippen LogP contribution >= 0.6 is 11.3 Å². The topological polar surface area (TPSA) is 88.6 Å². The zero-order valence-electron chi connectivity index (χ0n) is 16.0. The largest absolute Gasteiger partial charge is 0.475 e. The molecule has 0 aromatic carbocycles. The van der Waals surface area contributed by atoms with Gasteiger partial charge in [0.1, 0.15) is 4.21 Å². The lowest BCUT2D eigenvalue weighted by molar-refractivity contribution is -0.126. The molecule has 0 unspecified atom stereocenters. The Morgan fingerprint density at radius 1 is 1.32 bits per heavy atom. The number of thiophene rings is 1. The minimum Gasteiger partial charge on any atom is -0.475 e. The fourth-order valence-electron chi connectivity index (χ4n) is 3.06. The van der Waals surface area contributed by atoms with Crippen molar-refractivity contribution >= 4 is 27.3 Å². The summed E-state index contributed by atoms with van der Waals surface area (Å²) in [6.07, 6.45) is 2.80. The van der Waals surface area contributed by atoms with Crippen LogP contribution in [-0.4, -0.2) is 42.8 Å². The second-order valence-electron chi connectivity index (χ2n) is 7.00. The maximum absolute atomic E-state index is 12.5. The fraction of sp³-hybridized carbons (Fsp3) is 0.474. The average Bonchev–Trinajstić information content (AvgIpc) is 3.22. The number of rotatable bonds is 7. The van der Waals surface area contributed by atoms with Crippen molar-refractivity contribution < 1.29 is 17.9 Å². The van der Waals surface area contributed by atoms with Crippen molar-refractivity contribution in [2.24, 2.45) is 5.92 Å². The first-order valence-corrected chi connectivity index (χ1v) is 11.6. The predicted molar refractivity (Wildman–Crippen MR) is 108 cm³/mol. The summed E-state index contributed by atoms with van der Waals surface area (Å²) in [6.45, 7) is 4.99. The summed E-state index contributed by atoms with van der Waals surface area (Å²) in [5, 5.41) is 4.68. The number of sulfonamides is 1. The van der Waals surface area contributed by atoms with Crippen LogP contribution in [0.25, 0.3) is 0 Å². The number of aromatic nitrogens is 1. The first-order chi connectivity index (χ1) is 13.4. The van der Waals surface area contributed by atoms with E-state index in [0.29, 0.717) is 42.6 Å². The first-order valence-electron chi connectivity index (χ1n) is 9.29. The summed E-state index contributed by atoms with van der Waals surface area (Å²) in [5.41, 5.74) is 0.891. The lowest BCUT2D eigenvalue weighted by Gasteiger charge is -2.30. The summed E-state index contributed by atoms with van der Waals surface area (Å²) in [6, 6.07) is 7.01. The molecule has 0 spiro atoms. The van der Waals surface area contributed by atoms with Gasteiger partial charge < -0.3 is 10.1 Å². The highest BCUT2D eigenvalue weighted by Gasteiger charge is 2.32.